The third-order valence-electron chi connectivity index (χ3n) is 11.3. The molecule has 0 aromatic carbocycles. The van der Waals surface area contributed by atoms with E-state index in [1.54, 1.807) is 20.1 Å². The summed E-state index contributed by atoms with van der Waals surface area (Å²) in [6, 6.07) is 3.68. The molecule has 8 heteroatoms. The van der Waals surface area contributed by atoms with E-state index < -0.39 is 11.9 Å². The van der Waals surface area contributed by atoms with Crippen molar-refractivity contribution in [3.05, 3.63) is 57.3 Å². The second kappa shape index (κ2) is 12.1. The first-order chi connectivity index (χ1) is 21.1. The summed E-state index contributed by atoms with van der Waals surface area (Å²) in [6.45, 7) is 16.7. The predicted octanol–water partition coefficient (Wildman–Crippen LogP) is 7.18. The summed E-state index contributed by atoms with van der Waals surface area (Å²) in [5, 5.41) is 13.2. The van der Waals surface area contributed by atoms with Gasteiger partial charge in [-0.15, -0.1) is 0 Å². The number of methoxy groups -OCH3 is 1. The molecule has 1 amide bonds. The fourth-order valence-electron chi connectivity index (χ4n) is 8.31. The molecule has 2 aliphatic carbocycles. The molecule has 5 atom stereocenters. The van der Waals surface area contributed by atoms with Crippen LogP contribution in [0.15, 0.2) is 40.4 Å². The Balaban J connectivity index is 1.62. The molecule has 244 valence electrons. The first-order valence-corrected chi connectivity index (χ1v) is 16.6. The molecular formula is C37H50N2O6. The van der Waals surface area contributed by atoms with Crippen molar-refractivity contribution in [1.82, 2.24) is 10.3 Å². The molecule has 8 nitrogen and oxygen atoms in total. The SMILES string of the molecule is CCC(C)(CC)[C@@H]1C[C@@H]2OC3=C(C(=O)CC(C)(C)C3)[C@H](CC3=C(OC)CC(C)C(c4ccc(C)c(C(=O)O)n4)=C3C)[C@H]2C(=O)N1. The lowest BCUT2D eigenvalue weighted by molar-refractivity contribution is -0.144. The van der Waals surface area contributed by atoms with Gasteiger partial charge in [0, 0.05) is 43.2 Å². The molecule has 0 radical (unpaired) electrons. The zero-order valence-electron chi connectivity index (χ0n) is 28.4. The molecule has 1 unspecified atom stereocenters. The van der Waals surface area contributed by atoms with Gasteiger partial charge in [-0.1, -0.05) is 47.6 Å². The maximum atomic E-state index is 14.1. The van der Waals surface area contributed by atoms with Gasteiger partial charge in [-0.3, -0.25) is 9.59 Å². The number of rotatable bonds is 8. The lowest BCUT2D eigenvalue weighted by Crippen LogP contribution is -2.60. The second-order valence-corrected chi connectivity index (χ2v) is 14.8. The highest BCUT2D eigenvalue weighted by molar-refractivity contribution is 5.99. The van der Waals surface area contributed by atoms with Crippen LogP contribution in [0, 0.1) is 35.5 Å². The normalized spacial score (nSPS) is 28.3. The highest BCUT2D eigenvalue weighted by atomic mass is 16.5. The van der Waals surface area contributed by atoms with Crippen molar-refractivity contribution in [2.45, 2.75) is 112 Å². The Morgan fingerprint density at radius 2 is 1.84 bits per heavy atom. The number of hydrogen-bond donors (Lipinski definition) is 2. The summed E-state index contributed by atoms with van der Waals surface area (Å²) in [4.78, 5) is 44.6. The van der Waals surface area contributed by atoms with Crippen LogP contribution in [0.1, 0.15) is 115 Å². The van der Waals surface area contributed by atoms with E-state index in [4.69, 9.17) is 9.47 Å². The highest BCUT2D eigenvalue weighted by Gasteiger charge is 2.54. The quantitative estimate of drug-likeness (QED) is 0.317. The lowest BCUT2D eigenvalue weighted by atomic mass is 9.63. The number of carboxylic acid groups (broad SMARTS) is 1. The molecule has 0 spiro atoms. The Bertz CT molecular complexity index is 1510. The fourth-order valence-corrected chi connectivity index (χ4v) is 8.31. The number of carbonyl (C=O) groups excluding carboxylic acids is 2. The average molecular weight is 619 g/mol. The molecule has 2 N–H and O–H groups in total. The number of nitrogens with one attached hydrogen (secondary N) is 1. The molecule has 1 aromatic heterocycles. The maximum absolute atomic E-state index is 14.1. The molecule has 1 aromatic rings. The highest BCUT2D eigenvalue weighted by Crippen LogP contribution is 2.52. The van der Waals surface area contributed by atoms with E-state index in [1.165, 1.54) is 0 Å². The van der Waals surface area contributed by atoms with E-state index in [1.807, 2.05) is 13.0 Å². The smallest absolute Gasteiger partial charge is 0.354 e. The summed E-state index contributed by atoms with van der Waals surface area (Å²) in [5.74, 6) is -0.277. The van der Waals surface area contributed by atoms with Crippen LogP contribution in [0.25, 0.3) is 5.57 Å². The van der Waals surface area contributed by atoms with Gasteiger partial charge in [-0.05, 0) is 78.2 Å². The van der Waals surface area contributed by atoms with Crippen LogP contribution in [-0.2, 0) is 19.1 Å². The van der Waals surface area contributed by atoms with Gasteiger partial charge in [-0.2, -0.15) is 0 Å². The first kappa shape index (κ1) is 33.0. The van der Waals surface area contributed by atoms with Crippen molar-refractivity contribution in [2.75, 3.05) is 7.11 Å². The third kappa shape index (κ3) is 5.85. The summed E-state index contributed by atoms with van der Waals surface area (Å²) in [5.41, 5.74) is 4.57. The number of aryl methyl sites for hydroxylation is 1. The van der Waals surface area contributed by atoms with Gasteiger partial charge in [0.25, 0.3) is 0 Å². The van der Waals surface area contributed by atoms with E-state index in [9.17, 15) is 19.5 Å². The summed E-state index contributed by atoms with van der Waals surface area (Å²) < 4.78 is 12.7. The Morgan fingerprint density at radius 3 is 2.47 bits per heavy atom. The number of allylic oxidation sites excluding steroid dienone is 6. The number of fused-ring (bicyclic) bond motifs is 1. The monoisotopic (exact) mass is 618 g/mol. The zero-order chi connectivity index (χ0) is 33.0. The number of Topliss-reactive ketones (excluding diaryl/α,β-unsaturated/α-hetero) is 1. The minimum Gasteiger partial charge on any atom is -0.501 e. The Morgan fingerprint density at radius 1 is 1.16 bits per heavy atom. The van der Waals surface area contributed by atoms with Crippen LogP contribution >= 0.6 is 0 Å². The summed E-state index contributed by atoms with van der Waals surface area (Å²) in [6.07, 6.45) is 4.42. The van der Waals surface area contributed by atoms with E-state index in [2.05, 4.69) is 51.8 Å². The van der Waals surface area contributed by atoms with Gasteiger partial charge in [0.15, 0.2) is 11.5 Å². The number of aromatic nitrogens is 1. The third-order valence-corrected chi connectivity index (χ3v) is 11.3. The van der Waals surface area contributed by atoms with Crippen LogP contribution in [0.2, 0.25) is 0 Å². The topological polar surface area (TPSA) is 115 Å². The zero-order valence-corrected chi connectivity index (χ0v) is 28.4. The van der Waals surface area contributed by atoms with Gasteiger partial charge in [0.1, 0.15) is 11.9 Å². The lowest BCUT2D eigenvalue weighted by Gasteiger charge is -2.50. The number of pyridine rings is 1. The molecule has 5 rings (SSSR count). The van der Waals surface area contributed by atoms with Crippen molar-refractivity contribution in [1.29, 1.82) is 0 Å². The molecular weight excluding hydrogens is 568 g/mol. The van der Waals surface area contributed by atoms with Gasteiger partial charge < -0.3 is 19.9 Å². The van der Waals surface area contributed by atoms with E-state index >= 15 is 0 Å². The Labute approximate surface area is 267 Å². The van der Waals surface area contributed by atoms with Gasteiger partial charge in [-0.25, -0.2) is 9.78 Å². The molecule has 0 bridgehead atoms. The molecule has 1 saturated heterocycles. The number of piperidine rings is 1. The van der Waals surface area contributed by atoms with Crippen molar-refractivity contribution in [2.24, 2.45) is 28.6 Å². The van der Waals surface area contributed by atoms with Gasteiger partial charge in [0.05, 0.1) is 24.5 Å². The predicted molar refractivity (Wildman–Crippen MR) is 173 cm³/mol. The number of aromatic carboxylic acids is 1. The number of hydrogen-bond acceptors (Lipinski definition) is 6. The minimum atomic E-state index is -1.06. The van der Waals surface area contributed by atoms with E-state index in [-0.39, 0.29) is 52.2 Å². The average Bonchev–Trinajstić information content (AvgIpc) is 2.97. The Hall–Kier alpha value is -3.42. The molecule has 0 saturated carbocycles. The molecule has 4 aliphatic rings. The maximum Gasteiger partial charge on any atom is 0.354 e. The van der Waals surface area contributed by atoms with E-state index in [0.29, 0.717) is 48.9 Å². The van der Waals surface area contributed by atoms with Crippen molar-refractivity contribution < 1.29 is 29.0 Å². The second-order valence-electron chi connectivity index (χ2n) is 14.8. The first-order valence-electron chi connectivity index (χ1n) is 16.6. The van der Waals surface area contributed by atoms with Crippen LogP contribution in [-0.4, -0.2) is 47.0 Å². The largest absolute Gasteiger partial charge is 0.501 e. The van der Waals surface area contributed by atoms with Crippen LogP contribution in [0.3, 0.4) is 0 Å². The minimum absolute atomic E-state index is 0.00934. The van der Waals surface area contributed by atoms with Crippen molar-refractivity contribution >= 4 is 23.2 Å². The van der Waals surface area contributed by atoms with Gasteiger partial charge >= 0.3 is 5.97 Å². The Kier molecular flexibility index (Phi) is 8.84. The number of amides is 1. The number of carbonyl (C=O) groups is 3. The van der Waals surface area contributed by atoms with Crippen LogP contribution in [0.4, 0.5) is 0 Å². The summed E-state index contributed by atoms with van der Waals surface area (Å²) >= 11 is 0. The number of ether oxygens (including phenoxy) is 2. The van der Waals surface area contributed by atoms with Crippen LogP contribution < -0.4 is 5.32 Å². The van der Waals surface area contributed by atoms with Crippen molar-refractivity contribution in [3.63, 3.8) is 0 Å². The summed E-state index contributed by atoms with van der Waals surface area (Å²) in [7, 11) is 1.67. The molecule has 3 heterocycles. The number of ketones is 1. The fraction of sp³-hybridized carbons (Fsp3) is 0.622. The molecule has 45 heavy (non-hydrogen) atoms. The number of nitrogens with zero attached hydrogens (tertiary/aromatic N) is 1. The van der Waals surface area contributed by atoms with Crippen molar-refractivity contribution in [3.8, 4) is 0 Å². The van der Waals surface area contributed by atoms with Gasteiger partial charge in [0.2, 0.25) is 5.91 Å². The standard InChI is InChI=1S/C37H50N2O6/c1-10-37(8,11-2)29-16-27-32(34(41)39-29)23(31-25(40)17-36(6,7)18-28(31)45-27)15-22-21(5)30(20(4)14-26(22)44-9)24-13-12-19(3)33(38-24)35(42)43/h12-13,20,23,27,29,32H,10-11,14-18H2,1-9H3,(H,39,41)(H,42,43)/t20?,23-,27-,29-,32+/m0/s1. The molecule has 2 aliphatic heterocycles. The van der Waals surface area contributed by atoms with E-state index in [0.717, 1.165) is 41.1 Å². The van der Waals surface area contributed by atoms with Crippen LogP contribution in [0.5, 0.6) is 0 Å². The molecule has 1 fully saturated rings. The number of carboxylic acids is 1.